The number of rotatable bonds is 6. The number of carbonyl (C=O) groups is 1. The molecule has 1 amide bonds. The molecule has 0 fully saturated rings. The molecule has 0 spiro atoms. The zero-order valence-corrected chi connectivity index (χ0v) is 17.6. The number of aromatic nitrogens is 4. The fourth-order valence-corrected chi connectivity index (χ4v) is 3.28. The van der Waals surface area contributed by atoms with Gasteiger partial charge >= 0.3 is 0 Å². The predicted octanol–water partition coefficient (Wildman–Crippen LogP) is 3.83. The standard InChI is InChI=1S/C19H21FIN5O/c1-12-17(21)11-25(23-12)9-8-18(27)22-19-13(2)24-26(14(19)3)10-15-6-4-5-7-16(15)20/h4-7,11H,8-10H2,1-3H3,(H,22,27). The van der Waals surface area contributed by atoms with Crippen LogP contribution in [0.5, 0.6) is 0 Å². The molecule has 0 atom stereocenters. The van der Waals surface area contributed by atoms with Gasteiger partial charge in [0.25, 0.3) is 0 Å². The molecule has 2 heterocycles. The SMILES string of the molecule is Cc1nn(CCC(=O)Nc2c(C)nn(Cc3ccccc3F)c2C)cc1I. The first-order valence-corrected chi connectivity index (χ1v) is 9.70. The maximum atomic E-state index is 13.9. The molecule has 0 saturated heterocycles. The first-order chi connectivity index (χ1) is 12.8. The van der Waals surface area contributed by atoms with Crippen LogP contribution >= 0.6 is 22.6 Å². The number of nitrogens with one attached hydrogen (secondary N) is 1. The summed E-state index contributed by atoms with van der Waals surface area (Å²) in [4.78, 5) is 12.4. The second kappa shape index (κ2) is 8.20. The van der Waals surface area contributed by atoms with Crippen LogP contribution in [0.25, 0.3) is 0 Å². The molecule has 0 saturated carbocycles. The molecule has 6 nitrogen and oxygen atoms in total. The van der Waals surface area contributed by atoms with E-state index >= 15 is 0 Å². The van der Waals surface area contributed by atoms with Crippen LogP contribution in [0.3, 0.4) is 0 Å². The van der Waals surface area contributed by atoms with Crippen molar-refractivity contribution in [3.05, 3.63) is 62.5 Å². The monoisotopic (exact) mass is 481 g/mol. The van der Waals surface area contributed by atoms with E-state index in [0.29, 0.717) is 36.5 Å². The summed E-state index contributed by atoms with van der Waals surface area (Å²) in [6.07, 6.45) is 2.24. The zero-order chi connectivity index (χ0) is 19.6. The van der Waals surface area contributed by atoms with Crippen LogP contribution in [0.1, 0.15) is 29.1 Å². The van der Waals surface area contributed by atoms with E-state index in [9.17, 15) is 9.18 Å². The molecule has 3 rings (SSSR count). The summed E-state index contributed by atoms with van der Waals surface area (Å²) in [6.45, 7) is 6.47. The number of halogens is 2. The molecule has 0 radical (unpaired) electrons. The Bertz CT molecular complexity index is 959. The molecule has 0 aliphatic carbocycles. The van der Waals surface area contributed by atoms with Crippen LogP contribution in [-0.2, 0) is 17.9 Å². The summed E-state index contributed by atoms with van der Waals surface area (Å²) >= 11 is 2.22. The molecule has 2 aromatic heterocycles. The number of nitrogens with zero attached hydrogens (tertiary/aromatic N) is 4. The van der Waals surface area contributed by atoms with Gasteiger partial charge in [0, 0.05) is 24.7 Å². The molecule has 0 unspecified atom stereocenters. The van der Waals surface area contributed by atoms with Gasteiger partial charge in [-0.2, -0.15) is 10.2 Å². The quantitative estimate of drug-likeness (QED) is 0.545. The van der Waals surface area contributed by atoms with E-state index in [1.165, 1.54) is 6.07 Å². The van der Waals surface area contributed by atoms with Gasteiger partial charge in [-0.15, -0.1) is 0 Å². The van der Waals surface area contributed by atoms with Gasteiger partial charge in [0.1, 0.15) is 5.82 Å². The first-order valence-electron chi connectivity index (χ1n) is 8.62. The van der Waals surface area contributed by atoms with E-state index in [1.54, 1.807) is 27.6 Å². The average molecular weight is 481 g/mol. The Balaban J connectivity index is 1.67. The molecular formula is C19H21FIN5O. The van der Waals surface area contributed by atoms with E-state index in [4.69, 9.17) is 0 Å². The van der Waals surface area contributed by atoms with Gasteiger partial charge in [0.05, 0.1) is 32.9 Å². The fourth-order valence-electron chi connectivity index (χ4n) is 2.85. The van der Waals surface area contributed by atoms with Crippen molar-refractivity contribution in [2.75, 3.05) is 5.32 Å². The van der Waals surface area contributed by atoms with Gasteiger partial charge < -0.3 is 5.32 Å². The van der Waals surface area contributed by atoms with Crippen molar-refractivity contribution < 1.29 is 9.18 Å². The number of hydrogen-bond donors (Lipinski definition) is 1. The number of benzene rings is 1. The van der Waals surface area contributed by atoms with Gasteiger partial charge in [-0.1, -0.05) is 18.2 Å². The topological polar surface area (TPSA) is 64.7 Å². The highest BCUT2D eigenvalue weighted by molar-refractivity contribution is 14.1. The Morgan fingerprint density at radius 1 is 1.19 bits per heavy atom. The average Bonchev–Trinajstić information content (AvgIpc) is 3.08. The minimum Gasteiger partial charge on any atom is -0.323 e. The summed E-state index contributed by atoms with van der Waals surface area (Å²) in [6, 6.07) is 6.62. The van der Waals surface area contributed by atoms with E-state index in [-0.39, 0.29) is 11.7 Å². The highest BCUT2D eigenvalue weighted by atomic mass is 127. The molecule has 142 valence electrons. The van der Waals surface area contributed by atoms with Gasteiger partial charge in [-0.3, -0.25) is 14.2 Å². The van der Waals surface area contributed by atoms with Gasteiger partial charge in [-0.25, -0.2) is 4.39 Å². The van der Waals surface area contributed by atoms with Crippen molar-refractivity contribution in [2.45, 2.75) is 40.3 Å². The second-order valence-corrected chi connectivity index (χ2v) is 7.58. The Labute approximate surface area is 170 Å². The normalized spacial score (nSPS) is 11.0. The van der Waals surface area contributed by atoms with Gasteiger partial charge in [0.15, 0.2) is 0 Å². The van der Waals surface area contributed by atoms with Crippen LogP contribution in [0.15, 0.2) is 30.5 Å². The molecule has 1 aromatic carbocycles. The van der Waals surface area contributed by atoms with E-state index in [2.05, 4.69) is 38.1 Å². The molecule has 1 N–H and O–H groups in total. The predicted molar refractivity (Wildman–Crippen MR) is 110 cm³/mol. The highest BCUT2D eigenvalue weighted by Gasteiger charge is 2.15. The van der Waals surface area contributed by atoms with Gasteiger partial charge in [0.2, 0.25) is 5.91 Å². The van der Waals surface area contributed by atoms with Crippen LogP contribution in [0.4, 0.5) is 10.1 Å². The van der Waals surface area contributed by atoms with Crippen LogP contribution in [0.2, 0.25) is 0 Å². The molecule has 0 bridgehead atoms. The van der Waals surface area contributed by atoms with Crippen molar-refractivity contribution >= 4 is 34.2 Å². The van der Waals surface area contributed by atoms with Crippen molar-refractivity contribution in [3.8, 4) is 0 Å². The fraction of sp³-hybridized carbons (Fsp3) is 0.316. The lowest BCUT2D eigenvalue weighted by molar-refractivity contribution is -0.116. The summed E-state index contributed by atoms with van der Waals surface area (Å²) in [5.41, 5.74) is 3.71. The highest BCUT2D eigenvalue weighted by Crippen LogP contribution is 2.21. The molecule has 3 aromatic rings. The number of anilines is 1. The molecular weight excluding hydrogens is 460 g/mol. The smallest absolute Gasteiger partial charge is 0.226 e. The minimum absolute atomic E-state index is 0.102. The lowest BCUT2D eigenvalue weighted by atomic mass is 10.2. The molecule has 8 heteroatoms. The number of hydrogen-bond acceptors (Lipinski definition) is 3. The minimum atomic E-state index is -0.264. The summed E-state index contributed by atoms with van der Waals surface area (Å²) < 4.78 is 18.5. The van der Waals surface area contributed by atoms with Crippen molar-refractivity contribution in [3.63, 3.8) is 0 Å². The van der Waals surface area contributed by atoms with Crippen molar-refractivity contribution in [1.29, 1.82) is 0 Å². The number of aryl methyl sites for hydroxylation is 3. The summed E-state index contributed by atoms with van der Waals surface area (Å²) in [5.74, 6) is -0.366. The Morgan fingerprint density at radius 3 is 2.59 bits per heavy atom. The van der Waals surface area contributed by atoms with E-state index < -0.39 is 0 Å². The third-order valence-corrected chi connectivity index (χ3v) is 5.44. The molecule has 0 aliphatic heterocycles. The van der Waals surface area contributed by atoms with Gasteiger partial charge in [-0.05, 0) is 49.4 Å². The van der Waals surface area contributed by atoms with Crippen molar-refractivity contribution in [2.24, 2.45) is 0 Å². The maximum Gasteiger partial charge on any atom is 0.226 e. The number of amides is 1. The van der Waals surface area contributed by atoms with E-state index in [1.807, 2.05) is 27.0 Å². The second-order valence-electron chi connectivity index (χ2n) is 6.42. The summed E-state index contributed by atoms with van der Waals surface area (Å²) in [7, 11) is 0. The zero-order valence-electron chi connectivity index (χ0n) is 15.5. The third-order valence-electron chi connectivity index (χ3n) is 4.38. The maximum absolute atomic E-state index is 13.9. The van der Waals surface area contributed by atoms with E-state index in [0.717, 1.165) is 15.0 Å². The van der Waals surface area contributed by atoms with Crippen LogP contribution < -0.4 is 5.32 Å². The first kappa shape index (κ1) is 19.5. The Kier molecular flexibility index (Phi) is 5.93. The van der Waals surface area contributed by atoms with Crippen molar-refractivity contribution in [1.82, 2.24) is 19.6 Å². The lowest BCUT2D eigenvalue weighted by Gasteiger charge is -2.08. The van der Waals surface area contributed by atoms with Crippen LogP contribution in [-0.4, -0.2) is 25.5 Å². The summed E-state index contributed by atoms with van der Waals surface area (Å²) in [5, 5.41) is 11.7. The largest absolute Gasteiger partial charge is 0.323 e. The number of carbonyl (C=O) groups excluding carboxylic acids is 1. The lowest BCUT2D eigenvalue weighted by Crippen LogP contribution is -2.16. The Morgan fingerprint density at radius 2 is 1.93 bits per heavy atom. The molecule has 0 aliphatic rings. The molecule has 27 heavy (non-hydrogen) atoms. The van der Waals surface area contributed by atoms with Crippen LogP contribution in [0, 0.1) is 30.2 Å². The Hall–Kier alpha value is -2.23. The third kappa shape index (κ3) is 4.55.